The number of hydrogen-bond donors (Lipinski definition) is 1. The summed E-state index contributed by atoms with van der Waals surface area (Å²) in [5.41, 5.74) is 1.24. The van der Waals surface area contributed by atoms with Crippen LogP contribution in [0.2, 0.25) is 0 Å². The average molecular weight is 511 g/mol. The first-order chi connectivity index (χ1) is 17.3. The number of aromatic hydroxyl groups is 1. The molecule has 0 spiro atoms. The molecular weight excluding hydrogens is 484 g/mol. The average Bonchev–Trinajstić information content (AvgIpc) is 3.18. The third-order valence-corrected chi connectivity index (χ3v) is 6.77. The van der Waals surface area contributed by atoms with Gasteiger partial charge in [0, 0.05) is 11.1 Å². The summed E-state index contributed by atoms with van der Waals surface area (Å²) in [4.78, 5) is 31.8. The van der Waals surface area contributed by atoms with E-state index in [1.165, 1.54) is 25.9 Å². The molecule has 10 heteroatoms. The molecule has 188 valence electrons. The number of nitrogens with zero attached hydrogens (tertiary/aromatic N) is 2. The molecule has 0 unspecified atom stereocenters. The van der Waals surface area contributed by atoms with Gasteiger partial charge in [-0.05, 0) is 44.2 Å². The summed E-state index contributed by atoms with van der Waals surface area (Å²) in [5, 5.41) is 10.5. The molecule has 4 rings (SSSR count). The molecule has 2 heterocycles. The third-order valence-electron chi connectivity index (χ3n) is 5.79. The third kappa shape index (κ3) is 4.35. The lowest BCUT2D eigenvalue weighted by Gasteiger charge is -2.26. The minimum Gasteiger partial charge on any atom is -0.504 e. The Kier molecular flexibility index (Phi) is 7.16. The van der Waals surface area contributed by atoms with E-state index < -0.39 is 12.0 Å². The quantitative estimate of drug-likeness (QED) is 0.487. The Labute approximate surface area is 211 Å². The van der Waals surface area contributed by atoms with Crippen molar-refractivity contribution in [1.82, 2.24) is 4.57 Å². The number of thiazole rings is 1. The molecule has 3 aromatic rings. The Bertz CT molecular complexity index is 1530. The number of para-hydroxylation sites is 1. The van der Waals surface area contributed by atoms with E-state index in [1.807, 2.05) is 0 Å². The van der Waals surface area contributed by atoms with E-state index in [2.05, 4.69) is 4.99 Å². The lowest BCUT2D eigenvalue weighted by molar-refractivity contribution is -0.139. The zero-order chi connectivity index (χ0) is 26.0. The lowest BCUT2D eigenvalue weighted by atomic mass is 9.94. The van der Waals surface area contributed by atoms with Gasteiger partial charge < -0.3 is 24.1 Å². The van der Waals surface area contributed by atoms with Crippen molar-refractivity contribution in [2.75, 3.05) is 27.9 Å². The number of rotatable bonds is 7. The van der Waals surface area contributed by atoms with E-state index >= 15 is 0 Å². The Hall–Kier alpha value is -4.05. The predicted molar refractivity (Wildman–Crippen MR) is 135 cm³/mol. The summed E-state index contributed by atoms with van der Waals surface area (Å²) in [6, 6.07) is 9.33. The second-order valence-electron chi connectivity index (χ2n) is 7.81. The molecule has 9 nitrogen and oxygen atoms in total. The van der Waals surface area contributed by atoms with Gasteiger partial charge in [0.15, 0.2) is 16.3 Å². The number of benzene rings is 2. The highest BCUT2D eigenvalue weighted by Gasteiger charge is 2.35. The Morgan fingerprint density at radius 1 is 1.14 bits per heavy atom. The van der Waals surface area contributed by atoms with Gasteiger partial charge in [-0.2, -0.15) is 0 Å². The van der Waals surface area contributed by atoms with E-state index in [0.717, 1.165) is 11.3 Å². The number of esters is 1. The molecule has 0 fully saturated rings. The monoisotopic (exact) mass is 510 g/mol. The van der Waals surface area contributed by atoms with Crippen LogP contribution in [0.25, 0.3) is 6.08 Å². The van der Waals surface area contributed by atoms with Crippen LogP contribution in [0.4, 0.5) is 0 Å². The van der Waals surface area contributed by atoms with E-state index in [9.17, 15) is 14.7 Å². The van der Waals surface area contributed by atoms with Gasteiger partial charge >= 0.3 is 5.97 Å². The number of ether oxygens (including phenoxy) is 4. The number of carbonyl (C=O) groups excluding carboxylic acids is 1. The molecule has 0 amide bonds. The normalized spacial score (nSPS) is 15.2. The van der Waals surface area contributed by atoms with E-state index in [0.29, 0.717) is 37.7 Å². The number of allylic oxidation sites excluding steroid dienone is 1. The van der Waals surface area contributed by atoms with Crippen molar-refractivity contribution in [3.63, 3.8) is 0 Å². The minimum atomic E-state index is -0.869. The van der Waals surface area contributed by atoms with Crippen molar-refractivity contribution in [2.45, 2.75) is 19.9 Å². The van der Waals surface area contributed by atoms with Crippen molar-refractivity contribution in [3.8, 4) is 23.0 Å². The number of methoxy groups -OCH3 is 3. The molecular formula is C26H26N2O7S. The molecule has 36 heavy (non-hydrogen) atoms. The molecule has 1 aliphatic rings. The largest absolute Gasteiger partial charge is 0.504 e. The molecule has 1 aliphatic heterocycles. The predicted octanol–water partition coefficient (Wildman–Crippen LogP) is 2.53. The van der Waals surface area contributed by atoms with Gasteiger partial charge in [-0.25, -0.2) is 9.79 Å². The maximum absolute atomic E-state index is 13.8. The van der Waals surface area contributed by atoms with Gasteiger partial charge in [-0.15, -0.1) is 0 Å². The van der Waals surface area contributed by atoms with Crippen LogP contribution in [-0.2, 0) is 9.53 Å². The highest BCUT2D eigenvalue weighted by atomic mass is 32.1. The van der Waals surface area contributed by atoms with Gasteiger partial charge in [0.2, 0.25) is 0 Å². The van der Waals surface area contributed by atoms with Crippen molar-refractivity contribution < 1.29 is 28.8 Å². The number of hydrogen-bond acceptors (Lipinski definition) is 9. The highest BCUT2D eigenvalue weighted by Crippen LogP contribution is 2.38. The summed E-state index contributed by atoms with van der Waals surface area (Å²) in [7, 11) is 4.50. The molecule has 1 aromatic heterocycles. The first kappa shape index (κ1) is 25.1. The minimum absolute atomic E-state index is 0.0831. The summed E-state index contributed by atoms with van der Waals surface area (Å²) in [6.07, 6.45) is 1.57. The van der Waals surface area contributed by atoms with Crippen molar-refractivity contribution in [2.24, 2.45) is 4.99 Å². The zero-order valence-electron chi connectivity index (χ0n) is 20.5. The maximum Gasteiger partial charge on any atom is 0.338 e. The van der Waals surface area contributed by atoms with Crippen LogP contribution < -0.4 is 29.1 Å². The number of phenolic OH excluding ortho intramolecular Hbond substituents is 1. The summed E-state index contributed by atoms with van der Waals surface area (Å²) >= 11 is 1.15. The van der Waals surface area contributed by atoms with Gasteiger partial charge in [-0.1, -0.05) is 23.5 Å². The Morgan fingerprint density at radius 2 is 1.89 bits per heavy atom. The lowest BCUT2D eigenvalue weighted by Crippen LogP contribution is -2.40. The van der Waals surface area contributed by atoms with Crippen molar-refractivity contribution >= 4 is 23.4 Å². The molecule has 0 saturated heterocycles. The topological polar surface area (TPSA) is 109 Å². The van der Waals surface area contributed by atoms with Crippen molar-refractivity contribution in [3.05, 3.63) is 78.5 Å². The van der Waals surface area contributed by atoms with Crippen molar-refractivity contribution in [1.29, 1.82) is 0 Å². The van der Waals surface area contributed by atoms with Gasteiger partial charge in [0.1, 0.15) is 17.5 Å². The smallest absolute Gasteiger partial charge is 0.338 e. The molecule has 1 atom stereocenters. The van der Waals surface area contributed by atoms with Crippen LogP contribution >= 0.6 is 11.3 Å². The fourth-order valence-electron chi connectivity index (χ4n) is 4.10. The van der Waals surface area contributed by atoms with Crippen LogP contribution in [0.5, 0.6) is 23.0 Å². The first-order valence-corrected chi connectivity index (χ1v) is 11.9. The molecule has 1 N–H and O–H groups in total. The molecule has 0 saturated carbocycles. The van der Waals surface area contributed by atoms with E-state index in [1.54, 1.807) is 56.3 Å². The van der Waals surface area contributed by atoms with Crippen LogP contribution in [0.15, 0.2) is 57.5 Å². The molecule has 0 aliphatic carbocycles. The van der Waals surface area contributed by atoms with Crippen LogP contribution in [0, 0.1) is 0 Å². The van der Waals surface area contributed by atoms with Gasteiger partial charge in [-0.3, -0.25) is 9.36 Å². The summed E-state index contributed by atoms with van der Waals surface area (Å²) in [6.45, 7) is 3.58. The maximum atomic E-state index is 13.8. The van der Waals surface area contributed by atoms with Gasteiger partial charge in [0.05, 0.1) is 43.7 Å². The fourth-order valence-corrected chi connectivity index (χ4v) is 5.14. The van der Waals surface area contributed by atoms with Gasteiger partial charge in [0.25, 0.3) is 5.56 Å². The summed E-state index contributed by atoms with van der Waals surface area (Å²) in [5.74, 6) is 0.633. The molecule has 0 bridgehead atoms. The second-order valence-corrected chi connectivity index (χ2v) is 8.82. The van der Waals surface area contributed by atoms with Crippen LogP contribution in [-0.4, -0.2) is 43.6 Å². The van der Waals surface area contributed by atoms with Crippen LogP contribution in [0.1, 0.15) is 31.0 Å². The molecule has 0 radical (unpaired) electrons. The van der Waals surface area contributed by atoms with E-state index in [-0.39, 0.29) is 29.2 Å². The summed E-state index contributed by atoms with van der Waals surface area (Å²) < 4.78 is 23.3. The second kappa shape index (κ2) is 10.3. The fraction of sp³-hybridized carbons (Fsp3) is 0.269. The molecule has 2 aromatic carbocycles. The number of carbonyl (C=O) groups is 1. The zero-order valence-corrected chi connectivity index (χ0v) is 21.3. The van der Waals surface area contributed by atoms with E-state index in [4.69, 9.17) is 18.9 Å². The number of fused-ring (bicyclic) bond motifs is 1. The number of phenols is 1. The SMILES string of the molecule is CCOC(=O)C1=C(C)N=c2s/c(=C\c3cccc(OC)c3O)c(=O)n2[C@@H]1c1cc(OC)ccc1OC. The Morgan fingerprint density at radius 3 is 2.56 bits per heavy atom. The standard InChI is InChI=1S/C26H26N2O7S/c1-6-35-25(31)21-14(2)27-26-28(22(21)17-13-16(32-3)10-11-18(17)33-4)24(30)20(36-26)12-15-8-7-9-19(34-5)23(15)29/h7-13,22,29H,6H2,1-5H3/b20-12-/t22-/m1/s1. The first-order valence-electron chi connectivity index (χ1n) is 11.1. The highest BCUT2D eigenvalue weighted by molar-refractivity contribution is 7.07. The van der Waals surface area contributed by atoms with Crippen LogP contribution in [0.3, 0.4) is 0 Å². The number of aromatic nitrogens is 1. The Balaban J connectivity index is 2.02.